The molecule has 96 valence electrons. The lowest BCUT2D eigenvalue weighted by Gasteiger charge is -2.09. The topological polar surface area (TPSA) is 38.0 Å². The van der Waals surface area contributed by atoms with Gasteiger partial charge in [0.25, 0.3) is 0 Å². The molecule has 1 unspecified atom stereocenters. The van der Waals surface area contributed by atoms with Crippen LogP contribution in [0, 0.1) is 17.6 Å². The fourth-order valence-electron chi connectivity index (χ4n) is 1.54. The van der Waals surface area contributed by atoms with E-state index in [0.717, 1.165) is 19.0 Å². The van der Waals surface area contributed by atoms with Crippen molar-refractivity contribution in [2.24, 2.45) is 11.7 Å². The summed E-state index contributed by atoms with van der Waals surface area (Å²) in [6.07, 6.45) is 1.59. The van der Waals surface area contributed by atoms with Crippen molar-refractivity contribution < 1.29 is 8.78 Å². The minimum absolute atomic E-state index is 0.470. The van der Waals surface area contributed by atoms with Crippen LogP contribution in [0.2, 0.25) is 0 Å². The summed E-state index contributed by atoms with van der Waals surface area (Å²) >= 11 is 0. The zero-order chi connectivity index (χ0) is 12.7. The number of benzene rings is 1. The molecule has 0 aliphatic rings. The average Bonchev–Trinajstić information content (AvgIpc) is 2.30. The molecule has 0 aliphatic carbocycles. The molecule has 1 aromatic carbocycles. The van der Waals surface area contributed by atoms with Crippen LogP contribution in [0.25, 0.3) is 0 Å². The van der Waals surface area contributed by atoms with Gasteiger partial charge in [0.05, 0.1) is 0 Å². The number of hydrogen-bond acceptors (Lipinski definition) is 2. The summed E-state index contributed by atoms with van der Waals surface area (Å²) < 4.78 is 25.9. The Morgan fingerprint density at radius 2 is 2.06 bits per heavy atom. The molecular formula is C13H20F2N2. The first kappa shape index (κ1) is 14.1. The largest absolute Gasteiger partial charge is 0.330 e. The first-order chi connectivity index (χ1) is 8.13. The first-order valence-corrected chi connectivity index (χ1v) is 5.98. The molecule has 4 heteroatoms. The lowest BCUT2D eigenvalue weighted by molar-refractivity contribution is 0.508. The van der Waals surface area contributed by atoms with E-state index < -0.39 is 11.6 Å². The Morgan fingerprint density at radius 1 is 1.29 bits per heavy atom. The highest BCUT2D eigenvalue weighted by Crippen LogP contribution is 2.09. The number of hydrogen-bond donors (Lipinski definition) is 2. The number of rotatable bonds is 7. The van der Waals surface area contributed by atoms with Crippen molar-refractivity contribution >= 4 is 0 Å². The summed E-state index contributed by atoms with van der Waals surface area (Å²) in [7, 11) is 0. The van der Waals surface area contributed by atoms with Gasteiger partial charge in [0.2, 0.25) is 0 Å². The Bertz CT molecular complexity index is 342. The Morgan fingerprint density at radius 3 is 2.71 bits per heavy atom. The minimum atomic E-state index is -0.532. The van der Waals surface area contributed by atoms with Gasteiger partial charge in [0, 0.05) is 6.07 Å². The van der Waals surface area contributed by atoms with E-state index in [4.69, 9.17) is 5.73 Å². The lowest BCUT2D eigenvalue weighted by atomic mass is 10.1. The van der Waals surface area contributed by atoms with Gasteiger partial charge in [-0.3, -0.25) is 0 Å². The number of nitrogens with two attached hydrogens (primary N) is 1. The molecule has 0 radical (unpaired) electrons. The van der Waals surface area contributed by atoms with Gasteiger partial charge in [0.1, 0.15) is 11.6 Å². The zero-order valence-corrected chi connectivity index (χ0v) is 10.2. The van der Waals surface area contributed by atoms with Crippen LogP contribution in [0.3, 0.4) is 0 Å². The standard InChI is InChI=1S/C13H20F2N2/c1-10(9-16)4-6-17-7-5-11-2-3-12(14)8-13(11)15/h2-3,8,10,17H,4-7,9,16H2,1H3. The number of halogens is 2. The predicted molar refractivity (Wildman–Crippen MR) is 65.8 cm³/mol. The molecule has 0 saturated heterocycles. The summed E-state index contributed by atoms with van der Waals surface area (Å²) in [5.41, 5.74) is 6.05. The Kier molecular flexibility index (Phi) is 6.08. The fourth-order valence-corrected chi connectivity index (χ4v) is 1.54. The third-order valence-electron chi connectivity index (χ3n) is 2.80. The van der Waals surface area contributed by atoms with Crippen LogP contribution in [0.4, 0.5) is 8.78 Å². The Balaban J connectivity index is 2.22. The zero-order valence-electron chi connectivity index (χ0n) is 10.2. The molecule has 3 N–H and O–H groups in total. The van der Waals surface area contributed by atoms with E-state index in [-0.39, 0.29) is 0 Å². The van der Waals surface area contributed by atoms with Crippen molar-refractivity contribution in [2.75, 3.05) is 19.6 Å². The van der Waals surface area contributed by atoms with Crippen molar-refractivity contribution in [1.82, 2.24) is 5.32 Å². The second kappa shape index (κ2) is 7.35. The second-order valence-corrected chi connectivity index (χ2v) is 4.37. The molecule has 0 aliphatic heterocycles. The summed E-state index contributed by atoms with van der Waals surface area (Å²) in [5.74, 6) is -0.497. The number of nitrogens with one attached hydrogen (secondary N) is 1. The van der Waals surface area contributed by atoms with Gasteiger partial charge >= 0.3 is 0 Å². The maximum Gasteiger partial charge on any atom is 0.129 e. The molecule has 0 saturated carbocycles. The maximum atomic E-state index is 13.3. The monoisotopic (exact) mass is 242 g/mol. The summed E-state index contributed by atoms with van der Waals surface area (Å²) in [6, 6.07) is 3.70. The SMILES string of the molecule is CC(CN)CCNCCc1ccc(F)cc1F. The molecular weight excluding hydrogens is 222 g/mol. The Hall–Kier alpha value is -1.00. The van der Waals surface area contributed by atoms with Crippen LogP contribution < -0.4 is 11.1 Å². The highest BCUT2D eigenvalue weighted by molar-refractivity contribution is 5.18. The fraction of sp³-hybridized carbons (Fsp3) is 0.538. The van der Waals surface area contributed by atoms with Crippen LogP contribution in [-0.2, 0) is 6.42 Å². The molecule has 2 nitrogen and oxygen atoms in total. The quantitative estimate of drug-likeness (QED) is 0.718. The van der Waals surface area contributed by atoms with Gasteiger partial charge in [0.15, 0.2) is 0 Å². The van der Waals surface area contributed by atoms with Gasteiger partial charge in [-0.1, -0.05) is 13.0 Å². The molecule has 0 spiro atoms. The molecule has 1 rings (SSSR count). The van der Waals surface area contributed by atoms with Gasteiger partial charge in [-0.2, -0.15) is 0 Å². The van der Waals surface area contributed by atoms with Crippen molar-refractivity contribution in [3.05, 3.63) is 35.4 Å². The highest BCUT2D eigenvalue weighted by Gasteiger charge is 2.03. The summed E-state index contributed by atoms with van der Waals surface area (Å²) in [5, 5.41) is 3.22. The van der Waals surface area contributed by atoms with E-state index in [0.29, 0.717) is 31.0 Å². The van der Waals surface area contributed by atoms with E-state index in [9.17, 15) is 8.78 Å². The second-order valence-electron chi connectivity index (χ2n) is 4.37. The van der Waals surface area contributed by atoms with Crippen molar-refractivity contribution in [3.8, 4) is 0 Å². The molecule has 17 heavy (non-hydrogen) atoms. The first-order valence-electron chi connectivity index (χ1n) is 5.98. The smallest absolute Gasteiger partial charge is 0.129 e. The van der Waals surface area contributed by atoms with Crippen molar-refractivity contribution in [2.45, 2.75) is 19.8 Å². The third kappa shape index (κ3) is 5.24. The molecule has 0 aromatic heterocycles. The molecule has 0 bridgehead atoms. The van der Waals surface area contributed by atoms with E-state index in [1.807, 2.05) is 0 Å². The van der Waals surface area contributed by atoms with Crippen molar-refractivity contribution in [1.29, 1.82) is 0 Å². The lowest BCUT2D eigenvalue weighted by Crippen LogP contribution is -2.22. The summed E-state index contributed by atoms with van der Waals surface area (Å²) in [4.78, 5) is 0. The van der Waals surface area contributed by atoms with E-state index in [1.54, 1.807) is 0 Å². The molecule has 0 amide bonds. The third-order valence-corrected chi connectivity index (χ3v) is 2.80. The average molecular weight is 242 g/mol. The summed E-state index contributed by atoms with van der Waals surface area (Å²) in [6.45, 7) is 4.36. The maximum absolute atomic E-state index is 13.3. The Labute approximate surface area is 101 Å². The molecule has 0 heterocycles. The van der Waals surface area contributed by atoms with E-state index in [1.165, 1.54) is 12.1 Å². The predicted octanol–water partition coefficient (Wildman–Crippen LogP) is 2.08. The molecule has 1 aromatic rings. The van der Waals surface area contributed by atoms with Gasteiger partial charge < -0.3 is 11.1 Å². The normalized spacial score (nSPS) is 12.7. The van der Waals surface area contributed by atoms with Crippen molar-refractivity contribution in [3.63, 3.8) is 0 Å². The van der Waals surface area contributed by atoms with Gasteiger partial charge in [-0.05, 0) is 50.0 Å². The molecule has 1 atom stereocenters. The van der Waals surface area contributed by atoms with Gasteiger partial charge in [-0.15, -0.1) is 0 Å². The van der Waals surface area contributed by atoms with E-state index in [2.05, 4.69) is 12.2 Å². The van der Waals surface area contributed by atoms with Crippen LogP contribution >= 0.6 is 0 Å². The van der Waals surface area contributed by atoms with Crippen LogP contribution in [0.1, 0.15) is 18.9 Å². The van der Waals surface area contributed by atoms with E-state index >= 15 is 0 Å². The van der Waals surface area contributed by atoms with Crippen LogP contribution in [0.15, 0.2) is 18.2 Å². The highest BCUT2D eigenvalue weighted by atomic mass is 19.1. The molecule has 0 fully saturated rings. The van der Waals surface area contributed by atoms with Gasteiger partial charge in [-0.25, -0.2) is 8.78 Å². The minimum Gasteiger partial charge on any atom is -0.330 e. The van der Waals surface area contributed by atoms with Crippen LogP contribution in [0.5, 0.6) is 0 Å². The van der Waals surface area contributed by atoms with Crippen LogP contribution in [-0.4, -0.2) is 19.6 Å².